The molecular weight excluding hydrogens is 504 g/mol. The molecule has 1 heterocycles. The minimum atomic E-state index is -3.68. The molecule has 1 aliphatic rings. The maximum absolute atomic E-state index is 13.2. The molecule has 6 nitrogen and oxygen atoms in total. The third-order valence-corrected chi connectivity index (χ3v) is 7.90. The molecule has 1 amide bonds. The van der Waals surface area contributed by atoms with Crippen LogP contribution in [-0.2, 0) is 21.2 Å². The van der Waals surface area contributed by atoms with Gasteiger partial charge in [0, 0.05) is 11.0 Å². The van der Waals surface area contributed by atoms with E-state index >= 15 is 0 Å². The van der Waals surface area contributed by atoms with Crippen LogP contribution in [0.15, 0.2) is 82.2 Å². The van der Waals surface area contributed by atoms with E-state index in [0.29, 0.717) is 12.3 Å². The van der Waals surface area contributed by atoms with Gasteiger partial charge in [-0.25, -0.2) is 8.42 Å². The number of nitrogens with one attached hydrogen (secondary N) is 1. The molecule has 1 aliphatic heterocycles. The number of anilines is 1. The number of aryl methyl sites for hydroxylation is 1. The van der Waals surface area contributed by atoms with Gasteiger partial charge in [-0.05, 0) is 73.4 Å². The number of para-hydroxylation sites is 1. The summed E-state index contributed by atoms with van der Waals surface area (Å²) in [7, 11) is -3.68. The van der Waals surface area contributed by atoms with Crippen molar-refractivity contribution in [3.05, 3.63) is 88.4 Å². The van der Waals surface area contributed by atoms with Crippen molar-refractivity contribution in [2.24, 2.45) is 0 Å². The summed E-state index contributed by atoms with van der Waals surface area (Å²) in [5.41, 5.74) is 2.75. The Kier molecular flexibility index (Phi) is 7.05. The molecule has 0 unspecified atom stereocenters. The largest absolute Gasteiger partial charge is 0.484 e. The van der Waals surface area contributed by atoms with E-state index in [1.54, 1.807) is 12.1 Å². The van der Waals surface area contributed by atoms with Gasteiger partial charge in [-0.1, -0.05) is 46.3 Å². The zero-order chi connectivity index (χ0) is 23.4. The number of carbonyl (C=O) groups is 1. The molecule has 0 saturated heterocycles. The predicted octanol–water partition coefficient (Wildman–Crippen LogP) is 4.85. The lowest BCUT2D eigenvalue weighted by Gasteiger charge is -2.30. The number of hydrogen-bond donors (Lipinski definition) is 1. The highest BCUT2D eigenvalue weighted by Crippen LogP contribution is 2.32. The smallest absolute Gasteiger partial charge is 0.264 e. The number of benzene rings is 3. The zero-order valence-corrected chi connectivity index (χ0v) is 20.6. The van der Waals surface area contributed by atoms with Gasteiger partial charge >= 0.3 is 0 Å². The second kappa shape index (κ2) is 9.97. The Labute approximate surface area is 202 Å². The van der Waals surface area contributed by atoms with Crippen LogP contribution >= 0.6 is 15.9 Å². The highest BCUT2D eigenvalue weighted by Gasteiger charge is 2.28. The van der Waals surface area contributed by atoms with Crippen molar-refractivity contribution in [3.63, 3.8) is 0 Å². The fourth-order valence-electron chi connectivity index (χ4n) is 3.88. The molecule has 33 heavy (non-hydrogen) atoms. The molecular formula is C25H25BrN2O4S. The summed E-state index contributed by atoms with van der Waals surface area (Å²) in [5, 5.41) is 2.89. The minimum absolute atomic E-state index is 0.163. The number of carbonyl (C=O) groups excluding carboxylic acids is 1. The molecule has 0 saturated carbocycles. The van der Waals surface area contributed by atoms with Crippen LogP contribution in [0.25, 0.3) is 0 Å². The van der Waals surface area contributed by atoms with Crippen molar-refractivity contribution in [2.75, 3.05) is 17.5 Å². The van der Waals surface area contributed by atoms with Crippen LogP contribution < -0.4 is 14.4 Å². The summed E-state index contributed by atoms with van der Waals surface area (Å²) in [4.78, 5) is 12.5. The van der Waals surface area contributed by atoms with Crippen molar-refractivity contribution in [3.8, 4) is 5.75 Å². The van der Waals surface area contributed by atoms with Gasteiger partial charge in [0.05, 0.1) is 16.6 Å². The van der Waals surface area contributed by atoms with E-state index in [4.69, 9.17) is 4.74 Å². The normalized spacial score (nSPS) is 14.3. The Morgan fingerprint density at radius 3 is 2.61 bits per heavy atom. The highest BCUT2D eigenvalue weighted by atomic mass is 79.9. The molecule has 8 heteroatoms. The van der Waals surface area contributed by atoms with Crippen LogP contribution in [0.4, 0.5) is 5.69 Å². The highest BCUT2D eigenvalue weighted by molar-refractivity contribution is 9.10. The van der Waals surface area contributed by atoms with Crippen molar-refractivity contribution in [1.29, 1.82) is 0 Å². The molecule has 0 aromatic heterocycles. The molecule has 172 valence electrons. The lowest BCUT2D eigenvalue weighted by atomic mass is 10.0. The summed E-state index contributed by atoms with van der Waals surface area (Å²) < 4.78 is 34.4. The first-order valence-corrected chi connectivity index (χ1v) is 13.0. The zero-order valence-electron chi connectivity index (χ0n) is 18.2. The van der Waals surface area contributed by atoms with Gasteiger partial charge in [0.1, 0.15) is 5.75 Å². The summed E-state index contributed by atoms with van der Waals surface area (Å²) in [5.74, 6) is 0.169. The maximum atomic E-state index is 13.2. The van der Waals surface area contributed by atoms with Gasteiger partial charge in [0.15, 0.2) is 6.61 Å². The standard InChI is InChI=1S/C25H25BrN2O4S/c1-18(20-7-4-9-21(26)16-20)27-25(29)17-32-22-11-13-23(14-12-22)33(30,31)28-15-5-8-19-6-2-3-10-24(19)28/h2-4,6-7,9-14,16,18H,5,8,15,17H2,1H3,(H,27,29)/t18-/m1/s1. The van der Waals surface area contributed by atoms with E-state index in [9.17, 15) is 13.2 Å². The Morgan fingerprint density at radius 1 is 1.09 bits per heavy atom. The number of halogens is 1. The van der Waals surface area contributed by atoms with E-state index in [-0.39, 0.29) is 23.5 Å². The SMILES string of the molecule is C[C@@H](NC(=O)COc1ccc(S(=O)(=O)N2CCCc3ccccc32)cc1)c1cccc(Br)c1. The first-order chi connectivity index (χ1) is 15.8. The molecule has 1 atom stereocenters. The number of nitrogens with zero attached hydrogens (tertiary/aromatic N) is 1. The van der Waals surface area contributed by atoms with Gasteiger partial charge in [-0.3, -0.25) is 9.10 Å². The number of sulfonamides is 1. The number of ether oxygens (including phenoxy) is 1. The molecule has 0 aliphatic carbocycles. The van der Waals surface area contributed by atoms with Crippen molar-refractivity contribution in [2.45, 2.75) is 30.7 Å². The fraction of sp³-hybridized carbons (Fsp3) is 0.240. The quantitative estimate of drug-likeness (QED) is 0.475. The average Bonchev–Trinajstić information content (AvgIpc) is 2.82. The topological polar surface area (TPSA) is 75.7 Å². The Morgan fingerprint density at radius 2 is 1.85 bits per heavy atom. The van der Waals surface area contributed by atoms with Crippen LogP contribution in [0.5, 0.6) is 5.75 Å². The Hall–Kier alpha value is -2.84. The molecule has 3 aromatic carbocycles. The molecule has 0 bridgehead atoms. The predicted molar refractivity (Wildman–Crippen MR) is 132 cm³/mol. The summed E-state index contributed by atoms with van der Waals surface area (Å²) in [6.45, 7) is 2.19. The minimum Gasteiger partial charge on any atom is -0.484 e. The third-order valence-electron chi connectivity index (χ3n) is 5.58. The summed E-state index contributed by atoms with van der Waals surface area (Å²) in [6, 6.07) is 21.3. The van der Waals surface area contributed by atoms with E-state index in [1.165, 1.54) is 16.4 Å². The summed E-state index contributed by atoms with van der Waals surface area (Å²) in [6.07, 6.45) is 1.65. The molecule has 0 fully saturated rings. The molecule has 1 N–H and O–H groups in total. The van der Waals surface area contributed by atoms with Gasteiger partial charge in [-0.15, -0.1) is 0 Å². The lowest BCUT2D eigenvalue weighted by molar-refractivity contribution is -0.123. The van der Waals surface area contributed by atoms with Crippen LogP contribution in [0.2, 0.25) is 0 Å². The van der Waals surface area contributed by atoms with Crippen LogP contribution in [0.3, 0.4) is 0 Å². The molecule has 0 spiro atoms. The number of hydrogen-bond acceptors (Lipinski definition) is 4. The molecule has 3 aromatic rings. The number of rotatable bonds is 7. The van der Waals surface area contributed by atoms with Crippen LogP contribution in [-0.4, -0.2) is 27.5 Å². The van der Waals surface area contributed by atoms with E-state index < -0.39 is 10.0 Å². The second-order valence-corrected chi connectivity index (χ2v) is 10.7. The van der Waals surface area contributed by atoms with Gasteiger partial charge in [0.2, 0.25) is 0 Å². The number of amides is 1. The van der Waals surface area contributed by atoms with Crippen molar-refractivity contribution in [1.82, 2.24) is 5.32 Å². The first kappa shape index (κ1) is 23.3. The average molecular weight is 529 g/mol. The maximum Gasteiger partial charge on any atom is 0.264 e. The van der Waals surface area contributed by atoms with Crippen molar-refractivity contribution >= 4 is 37.5 Å². The van der Waals surface area contributed by atoms with Gasteiger partial charge < -0.3 is 10.1 Å². The fourth-order valence-corrected chi connectivity index (χ4v) is 5.83. The van der Waals surface area contributed by atoms with E-state index in [2.05, 4.69) is 21.2 Å². The van der Waals surface area contributed by atoms with E-state index in [0.717, 1.165) is 34.1 Å². The van der Waals surface area contributed by atoms with Crippen LogP contribution in [0, 0.1) is 0 Å². The second-order valence-electron chi connectivity index (χ2n) is 7.91. The lowest BCUT2D eigenvalue weighted by Crippen LogP contribution is -2.35. The Bertz CT molecular complexity index is 1250. The Balaban J connectivity index is 1.38. The third kappa shape index (κ3) is 5.39. The molecule has 0 radical (unpaired) electrons. The van der Waals surface area contributed by atoms with E-state index in [1.807, 2.05) is 55.5 Å². The monoisotopic (exact) mass is 528 g/mol. The summed E-state index contributed by atoms with van der Waals surface area (Å²) >= 11 is 3.43. The molecule has 4 rings (SSSR count). The van der Waals surface area contributed by atoms with Crippen molar-refractivity contribution < 1.29 is 17.9 Å². The van der Waals surface area contributed by atoms with Crippen LogP contribution in [0.1, 0.15) is 30.5 Å². The van der Waals surface area contributed by atoms with Gasteiger partial charge in [0.25, 0.3) is 15.9 Å². The van der Waals surface area contributed by atoms with Gasteiger partial charge in [-0.2, -0.15) is 0 Å². The number of fused-ring (bicyclic) bond motifs is 1. The first-order valence-electron chi connectivity index (χ1n) is 10.7.